The quantitative estimate of drug-likeness (QED) is 0.367. The first-order valence-corrected chi connectivity index (χ1v) is 8.64. The number of alkyl halides is 3. The molecule has 0 aliphatic rings. The molecule has 0 saturated carbocycles. The number of ether oxygens (including phenoxy) is 1. The first-order chi connectivity index (χ1) is 13.7. The highest BCUT2D eigenvalue weighted by Crippen LogP contribution is 2.42. The molecule has 0 aliphatic carbocycles. The number of hydrogen-bond donors (Lipinski definition) is 1. The minimum Gasteiger partial charge on any atom is -0.495 e. The summed E-state index contributed by atoms with van der Waals surface area (Å²) >= 11 is 5.74. The van der Waals surface area contributed by atoms with E-state index >= 15 is 0 Å². The standard InChI is InChI=1S/C20H14ClF3N2O3/c1-29-19-8-7-13(12-5-3-2-4-6-12)9-17(19)25-16-11-15(21)14(20(22,23)24)10-18(16)26(27)28/h2-11,25H,1H3. The van der Waals surface area contributed by atoms with Gasteiger partial charge in [-0.05, 0) is 29.3 Å². The van der Waals surface area contributed by atoms with E-state index in [4.69, 9.17) is 16.3 Å². The fourth-order valence-electron chi connectivity index (χ4n) is 2.79. The van der Waals surface area contributed by atoms with Gasteiger partial charge in [-0.1, -0.05) is 48.0 Å². The van der Waals surface area contributed by atoms with Crippen LogP contribution in [0.3, 0.4) is 0 Å². The lowest BCUT2D eigenvalue weighted by Crippen LogP contribution is -2.08. The summed E-state index contributed by atoms with van der Waals surface area (Å²) in [5.74, 6) is 0.356. The molecule has 0 spiro atoms. The molecule has 9 heteroatoms. The van der Waals surface area contributed by atoms with E-state index in [1.54, 1.807) is 18.2 Å². The topological polar surface area (TPSA) is 64.4 Å². The summed E-state index contributed by atoms with van der Waals surface area (Å²) in [6.45, 7) is 0. The molecule has 150 valence electrons. The van der Waals surface area contributed by atoms with Gasteiger partial charge in [0.2, 0.25) is 0 Å². The van der Waals surface area contributed by atoms with Crippen molar-refractivity contribution >= 4 is 28.7 Å². The van der Waals surface area contributed by atoms with Crippen molar-refractivity contribution in [2.75, 3.05) is 12.4 Å². The predicted octanol–water partition coefficient (Wildman–Crippen LogP) is 6.69. The van der Waals surface area contributed by atoms with Crippen molar-refractivity contribution in [3.05, 3.63) is 81.4 Å². The molecule has 29 heavy (non-hydrogen) atoms. The summed E-state index contributed by atoms with van der Waals surface area (Å²) in [7, 11) is 1.41. The molecule has 0 heterocycles. The van der Waals surface area contributed by atoms with Crippen LogP contribution in [0.1, 0.15) is 5.56 Å². The van der Waals surface area contributed by atoms with E-state index in [2.05, 4.69) is 5.32 Å². The predicted molar refractivity (Wildman–Crippen MR) is 105 cm³/mol. The summed E-state index contributed by atoms with van der Waals surface area (Å²) < 4.78 is 44.5. The number of halogens is 4. The van der Waals surface area contributed by atoms with E-state index in [1.165, 1.54) is 7.11 Å². The molecule has 0 amide bonds. The highest BCUT2D eigenvalue weighted by molar-refractivity contribution is 6.32. The summed E-state index contributed by atoms with van der Waals surface area (Å²) in [5.41, 5.74) is -0.202. The van der Waals surface area contributed by atoms with Crippen LogP contribution in [0.15, 0.2) is 60.7 Å². The lowest BCUT2D eigenvalue weighted by atomic mass is 10.0. The average Bonchev–Trinajstić information content (AvgIpc) is 2.67. The number of anilines is 2. The van der Waals surface area contributed by atoms with Crippen LogP contribution in [0.4, 0.5) is 30.2 Å². The minimum atomic E-state index is -4.81. The van der Waals surface area contributed by atoms with Crippen LogP contribution in [0.25, 0.3) is 11.1 Å². The number of benzene rings is 3. The number of nitrogens with zero attached hydrogens (tertiary/aromatic N) is 1. The second kappa shape index (κ2) is 8.00. The van der Waals surface area contributed by atoms with Crippen molar-refractivity contribution in [1.82, 2.24) is 0 Å². The van der Waals surface area contributed by atoms with Crippen LogP contribution in [0.2, 0.25) is 5.02 Å². The molecule has 5 nitrogen and oxygen atoms in total. The van der Waals surface area contributed by atoms with Gasteiger partial charge in [0.15, 0.2) is 0 Å². The Morgan fingerprint density at radius 2 is 1.69 bits per heavy atom. The van der Waals surface area contributed by atoms with E-state index in [9.17, 15) is 23.3 Å². The van der Waals surface area contributed by atoms with Gasteiger partial charge in [0.1, 0.15) is 11.4 Å². The Bertz CT molecular complexity index is 1060. The zero-order valence-corrected chi connectivity index (χ0v) is 15.7. The average molecular weight is 423 g/mol. The van der Waals surface area contributed by atoms with E-state index in [-0.39, 0.29) is 5.69 Å². The van der Waals surface area contributed by atoms with E-state index < -0.39 is 27.4 Å². The number of nitrogens with one attached hydrogen (secondary N) is 1. The highest BCUT2D eigenvalue weighted by Gasteiger charge is 2.36. The molecule has 3 rings (SSSR count). The molecule has 0 radical (unpaired) electrons. The third-order valence-electron chi connectivity index (χ3n) is 4.16. The van der Waals surface area contributed by atoms with Gasteiger partial charge in [-0.15, -0.1) is 0 Å². The lowest BCUT2D eigenvalue weighted by molar-refractivity contribution is -0.384. The minimum absolute atomic E-state index is 0.184. The third kappa shape index (κ3) is 4.43. The number of rotatable bonds is 5. The van der Waals surface area contributed by atoms with Gasteiger partial charge >= 0.3 is 6.18 Å². The van der Waals surface area contributed by atoms with Crippen molar-refractivity contribution in [2.45, 2.75) is 6.18 Å². The molecule has 1 N–H and O–H groups in total. The highest BCUT2D eigenvalue weighted by atomic mass is 35.5. The first-order valence-electron chi connectivity index (χ1n) is 8.26. The van der Waals surface area contributed by atoms with Crippen LogP contribution < -0.4 is 10.1 Å². The maximum Gasteiger partial charge on any atom is 0.418 e. The van der Waals surface area contributed by atoms with Crippen LogP contribution in [-0.2, 0) is 6.18 Å². The monoisotopic (exact) mass is 422 g/mol. The first kappa shape index (κ1) is 20.5. The Kier molecular flexibility index (Phi) is 5.65. The van der Waals surface area contributed by atoms with Gasteiger partial charge in [0, 0.05) is 6.07 Å². The summed E-state index contributed by atoms with van der Waals surface area (Å²) in [4.78, 5) is 10.5. The number of methoxy groups -OCH3 is 1. The van der Waals surface area contributed by atoms with Gasteiger partial charge in [-0.2, -0.15) is 13.2 Å². The fourth-order valence-corrected chi connectivity index (χ4v) is 3.06. The SMILES string of the molecule is COc1ccc(-c2ccccc2)cc1Nc1cc(Cl)c(C(F)(F)F)cc1[N+](=O)[O-]. The largest absolute Gasteiger partial charge is 0.495 e. The van der Waals surface area contributed by atoms with Gasteiger partial charge in [0.25, 0.3) is 5.69 Å². The molecule has 0 fully saturated rings. The fraction of sp³-hybridized carbons (Fsp3) is 0.100. The van der Waals surface area contributed by atoms with E-state index in [0.29, 0.717) is 17.5 Å². The second-order valence-electron chi connectivity index (χ2n) is 6.01. The van der Waals surface area contributed by atoms with Crippen molar-refractivity contribution in [2.24, 2.45) is 0 Å². The zero-order valence-electron chi connectivity index (χ0n) is 15.0. The molecule has 0 bridgehead atoms. The van der Waals surface area contributed by atoms with Crippen LogP contribution in [-0.4, -0.2) is 12.0 Å². The Balaban J connectivity index is 2.09. The maximum atomic E-state index is 13.1. The van der Waals surface area contributed by atoms with E-state index in [1.807, 2.05) is 30.3 Å². The third-order valence-corrected chi connectivity index (χ3v) is 4.48. The summed E-state index contributed by atoms with van der Waals surface area (Å²) in [6, 6.07) is 15.8. The molecular weight excluding hydrogens is 409 g/mol. The molecule has 3 aromatic rings. The van der Waals surface area contributed by atoms with Gasteiger partial charge in [-0.3, -0.25) is 10.1 Å². The number of nitro benzene ring substituents is 1. The van der Waals surface area contributed by atoms with Crippen molar-refractivity contribution in [3.63, 3.8) is 0 Å². The smallest absolute Gasteiger partial charge is 0.418 e. The molecule has 0 aromatic heterocycles. The Hall–Kier alpha value is -3.26. The second-order valence-corrected chi connectivity index (χ2v) is 6.42. The van der Waals surface area contributed by atoms with Crippen LogP contribution >= 0.6 is 11.6 Å². The summed E-state index contributed by atoms with van der Waals surface area (Å²) in [6.07, 6.45) is -4.81. The number of hydrogen-bond acceptors (Lipinski definition) is 4. The molecule has 0 unspecified atom stereocenters. The Labute approximate surface area is 168 Å². The maximum absolute atomic E-state index is 13.1. The lowest BCUT2D eigenvalue weighted by Gasteiger charge is -2.15. The molecule has 0 aliphatic heterocycles. The number of nitro groups is 1. The van der Waals surface area contributed by atoms with Crippen LogP contribution in [0, 0.1) is 10.1 Å². The van der Waals surface area contributed by atoms with Crippen molar-refractivity contribution < 1.29 is 22.8 Å². The van der Waals surface area contributed by atoms with Gasteiger partial charge in [0.05, 0.1) is 28.3 Å². The van der Waals surface area contributed by atoms with Gasteiger partial charge < -0.3 is 10.1 Å². The van der Waals surface area contributed by atoms with E-state index in [0.717, 1.165) is 17.2 Å². The molecule has 0 atom stereocenters. The zero-order chi connectivity index (χ0) is 21.2. The Morgan fingerprint density at radius 3 is 2.28 bits per heavy atom. The van der Waals surface area contributed by atoms with Crippen molar-refractivity contribution in [1.29, 1.82) is 0 Å². The molecule has 0 saturated heterocycles. The molecule has 3 aromatic carbocycles. The molecular formula is C20H14ClF3N2O3. The summed E-state index contributed by atoms with van der Waals surface area (Å²) in [5, 5.41) is 13.5. The normalized spacial score (nSPS) is 11.2. The Morgan fingerprint density at radius 1 is 1.00 bits per heavy atom. The van der Waals surface area contributed by atoms with Crippen LogP contribution in [0.5, 0.6) is 5.75 Å². The van der Waals surface area contributed by atoms with Gasteiger partial charge in [-0.25, -0.2) is 0 Å². The van der Waals surface area contributed by atoms with Crippen molar-refractivity contribution in [3.8, 4) is 16.9 Å².